The second-order valence-electron chi connectivity index (χ2n) is 4.94. The number of allylic oxidation sites excluding steroid dienone is 1. The van der Waals surface area contributed by atoms with Crippen molar-refractivity contribution in [1.82, 2.24) is 9.78 Å². The van der Waals surface area contributed by atoms with E-state index in [-0.39, 0.29) is 18.0 Å². The number of aromatic nitrogens is 2. The number of benzene rings is 1. The van der Waals surface area contributed by atoms with E-state index in [1.807, 2.05) is 6.92 Å². The normalized spacial score (nSPS) is 12.2. The van der Waals surface area contributed by atoms with Gasteiger partial charge in [0.25, 0.3) is 0 Å². The summed E-state index contributed by atoms with van der Waals surface area (Å²) < 4.78 is 1.31. The number of carboxylic acids is 1. The lowest BCUT2D eigenvalue weighted by atomic mass is 10.0. The Bertz CT molecular complexity index is 818. The minimum atomic E-state index is -1.02. The number of rotatable bonds is 6. The second-order valence-corrected chi connectivity index (χ2v) is 4.94. The molecule has 0 radical (unpaired) electrons. The Labute approximate surface area is 133 Å². The van der Waals surface area contributed by atoms with E-state index in [1.54, 1.807) is 24.4 Å². The maximum Gasteiger partial charge on any atom is 0.325 e. The van der Waals surface area contributed by atoms with Gasteiger partial charge in [0.05, 0.1) is 5.52 Å². The van der Waals surface area contributed by atoms with Crippen LogP contribution in [0.5, 0.6) is 0 Å². The summed E-state index contributed by atoms with van der Waals surface area (Å²) in [6, 6.07) is 5.31. The van der Waals surface area contributed by atoms with Crippen LogP contribution in [0, 0.1) is 0 Å². The Kier molecular flexibility index (Phi) is 4.90. The molecular weight excluding hydrogens is 296 g/mol. The molecule has 1 heterocycles. The highest BCUT2D eigenvalue weighted by molar-refractivity contribution is 6.12. The fourth-order valence-corrected chi connectivity index (χ4v) is 2.27. The van der Waals surface area contributed by atoms with Crippen molar-refractivity contribution in [1.29, 1.82) is 0 Å². The number of fused-ring (bicyclic) bond motifs is 1. The maximum atomic E-state index is 11.8. The quantitative estimate of drug-likeness (QED) is 0.623. The van der Waals surface area contributed by atoms with Crippen LogP contribution in [0.2, 0.25) is 0 Å². The average Bonchev–Trinajstić information content (AvgIpc) is 2.86. The highest BCUT2D eigenvalue weighted by Gasteiger charge is 2.16. The number of carboxylic acid groups (broad SMARTS) is 1. The lowest BCUT2D eigenvalue weighted by Gasteiger charge is -2.03. The number of hydrogen-bond acceptors (Lipinski definition) is 5. The van der Waals surface area contributed by atoms with Gasteiger partial charge in [0.1, 0.15) is 12.2 Å². The van der Waals surface area contributed by atoms with Gasteiger partial charge in [-0.05, 0) is 24.6 Å². The molecule has 0 unspecified atom stereocenters. The first kappa shape index (κ1) is 16.4. The number of aliphatic imine (C=N–C) groups is 1. The first-order valence-electron chi connectivity index (χ1n) is 7.13. The van der Waals surface area contributed by atoms with E-state index >= 15 is 0 Å². The third kappa shape index (κ3) is 3.45. The molecule has 120 valence electrons. The van der Waals surface area contributed by atoms with Gasteiger partial charge in [-0.2, -0.15) is 5.10 Å². The zero-order valence-corrected chi connectivity index (χ0v) is 13.0. The molecule has 0 aliphatic carbocycles. The third-order valence-corrected chi connectivity index (χ3v) is 3.29. The summed E-state index contributed by atoms with van der Waals surface area (Å²) in [6.45, 7) is 3.64. The number of nitrogens with zero attached hydrogens (tertiary/aromatic N) is 3. The molecule has 0 aliphatic rings. The topological polar surface area (TPSA) is 111 Å². The van der Waals surface area contributed by atoms with Gasteiger partial charge in [-0.3, -0.25) is 19.3 Å². The first-order valence-corrected chi connectivity index (χ1v) is 7.13. The molecule has 0 aliphatic heterocycles. The maximum absolute atomic E-state index is 11.8. The summed E-state index contributed by atoms with van der Waals surface area (Å²) >= 11 is 0. The van der Waals surface area contributed by atoms with E-state index in [0.29, 0.717) is 23.0 Å². The van der Waals surface area contributed by atoms with Crippen molar-refractivity contribution < 1.29 is 14.7 Å². The molecule has 0 spiro atoms. The lowest BCUT2D eigenvalue weighted by Crippen LogP contribution is -2.10. The number of carbonyl (C=O) groups is 2. The van der Waals surface area contributed by atoms with E-state index < -0.39 is 5.97 Å². The lowest BCUT2D eigenvalue weighted by molar-refractivity contribution is -0.137. The average molecular weight is 314 g/mol. The van der Waals surface area contributed by atoms with Crippen LogP contribution in [0.1, 0.15) is 29.9 Å². The molecule has 23 heavy (non-hydrogen) atoms. The molecule has 1 aromatic carbocycles. The van der Waals surface area contributed by atoms with E-state index in [2.05, 4.69) is 10.1 Å². The van der Waals surface area contributed by atoms with Crippen molar-refractivity contribution in [3.8, 4) is 0 Å². The van der Waals surface area contributed by atoms with Crippen LogP contribution in [0.15, 0.2) is 29.4 Å². The van der Waals surface area contributed by atoms with E-state index in [0.717, 1.165) is 5.56 Å². The molecule has 0 saturated heterocycles. The predicted molar refractivity (Wildman–Crippen MR) is 88.6 cm³/mol. The van der Waals surface area contributed by atoms with E-state index in [9.17, 15) is 9.59 Å². The van der Waals surface area contributed by atoms with Crippen molar-refractivity contribution in [2.45, 2.75) is 20.4 Å². The van der Waals surface area contributed by atoms with E-state index in [4.69, 9.17) is 10.8 Å². The van der Waals surface area contributed by atoms with Gasteiger partial charge in [-0.15, -0.1) is 0 Å². The summed E-state index contributed by atoms with van der Waals surface area (Å²) in [4.78, 5) is 26.9. The van der Waals surface area contributed by atoms with Crippen LogP contribution in [0.4, 0.5) is 0 Å². The number of hydrogen-bond donors (Lipinski definition) is 2. The summed E-state index contributed by atoms with van der Waals surface area (Å²) in [6.07, 6.45) is 3.10. The van der Waals surface area contributed by atoms with E-state index in [1.165, 1.54) is 17.8 Å². The molecule has 0 atom stereocenters. The van der Waals surface area contributed by atoms with Gasteiger partial charge in [0.2, 0.25) is 0 Å². The van der Waals surface area contributed by atoms with Crippen molar-refractivity contribution in [2.24, 2.45) is 10.7 Å². The molecule has 2 aromatic rings. The highest BCUT2D eigenvalue weighted by Crippen LogP contribution is 2.24. The number of Topliss-reactive ketones (excluding diaryl/α,β-unsaturated/α-hetero) is 1. The molecule has 0 saturated carbocycles. The Morgan fingerprint density at radius 3 is 2.74 bits per heavy atom. The number of ketones is 1. The molecule has 0 fully saturated rings. The van der Waals surface area contributed by atoms with Gasteiger partial charge >= 0.3 is 5.97 Å². The number of carbonyl (C=O) groups excluding carboxylic acids is 1. The van der Waals surface area contributed by atoms with Crippen molar-refractivity contribution in [3.63, 3.8) is 0 Å². The van der Waals surface area contributed by atoms with Gasteiger partial charge in [0.15, 0.2) is 5.78 Å². The molecule has 1 aromatic heterocycles. The third-order valence-electron chi connectivity index (χ3n) is 3.29. The highest BCUT2D eigenvalue weighted by atomic mass is 16.4. The fraction of sp³-hybridized carbons (Fsp3) is 0.250. The molecular formula is C16H18N4O3. The minimum Gasteiger partial charge on any atom is -0.480 e. The summed E-state index contributed by atoms with van der Waals surface area (Å²) in [5.41, 5.74) is 7.97. The van der Waals surface area contributed by atoms with Crippen molar-refractivity contribution in [2.75, 3.05) is 6.54 Å². The van der Waals surface area contributed by atoms with Crippen LogP contribution in [-0.2, 0) is 11.3 Å². The van der Waals surface area contributed by atoms with Crippen molar-refractivity contribution in [3.05, 3.63) is 35.7 Å². The van der Waals surface area contributed by atoms with Crippen molar-refractivity contribution >= 4 is 34.4 Å². The molecule has 0 amide bonds. The zero-order valence-electron chi connectivity index (χ0n) is 13.0. The Morgan fingerprint density at radius 1 is 1.43 bits per heavy atom. The summed E-state index contributed by atoms with van der Waals surface area (Å²) in [5, 5.41) is 13.7. The zero-order chi connectivity index (χ0) is 17.0. The molecule has 7 nitrogen and oxygen atoms in total. The second kappa shape index (κ2) is 6.87. The smallest absolute Gasteiger partial charge is 0.325 e. The largest absolute Gasteiger partial charge is 0.480 e. The van der Waals surface area contributed by atoms with Gasteiger partial charge < -0.3 is 10.8 Å². The monoisotopic (exact) mass is 314 g/mol. The SMILES string of the molecule is CCN=C/C(=C\N)c1ccc2c(c1)c(C(C)=O)nn2CC(=O)O. The van der Waals surface area contributed by atoms with Crippen LogP contribution in [0.25, 0.3) is 16.5 Å². The standard InChI is InChI=1S/C16H18N4O3/c1-3-18-8-12(7-17)11-4-5-14-13(6-11)16(10(2)21)19-20(14)9-15(22)23/h4-8H,3,9,17H2,1-2H3,(H,22,23)/b12-7+,18-8?. The first-order chi connectivity index (χ1) is 11.0. The van der Waals surface area contributed by atoms with Crippen LogP contribution < -0.4 is 5.73 Å². The molecule has 7 heteroatoms. The van der Waals surface area contributed by atoms with Gasteiger partial charge in [-0.1, -0.05) is 6.07 Å². The fourth-order valence-electron chi connectivity index (χ4n) is 2.27. The molecule has 3 N–H and O–H groups in total. The predicted octanol–water partition coefficient (Wildman–Crippen LogP) is 1.71. The Hall–Kier alpha value is -2.96. The summed E-state index contributed by atoms with van der Waals surface area (Å²) in [7, 11) is 0. The van der Waals surface area contributed by atoms with Crippen LogP contribution >= 0.6 is 0 Å². The van der Waals surface area contributed by atoms with Gasteiger partial charge in [-0.25, -0.2) is 0 Å². The van der Waals surface area contributed by atoms with Gasteiger partial charge in [0, 0.05) is 36.8 Å². The number of aliphatic carboxylic acids is 1. The Balaban J connectivity index is 2.62. The summed E-state index contributed by atoms with van der Waals surface area (Å²) in [5.74, 6) is -1.25. The molecule has 0 bridgehead atoms. The minimum absolute atomic E-state index is 0.225. The van der Waals surface area contributed by atoms with Crippen LogP contribution in [0.3, 0.4) is 0 Å². The molecule has 2 rings (SSSR count). The Morgan fingerprint density at radius 2 is 2.17 bits per heavy atom. The number of nitrogens with two attached hydrogens (primary N) is 1. The van der Waals surface area contributed by atoms with Crippen LogP contribution in [-0.4, -0.2) is 39.4 Å².